The fourth-order valence-corrected chi connectivity index (χ4v) is 2.04. The predicted molar refractivity (Wildman–Crippen MR) is 59.9 cm³/mol. The quantitative estimate of drug-likeness (QED) is 0.622. The minimum Gasteiger partial charge on any atom is -0.380 e. The van der Waals surface area contributed by atoms with E-state index in [1.54, 1.807) is 7.11 Å². The van der Waals surface area contributed by atoms with Crippen LogP contribution >= 0.6 is 0 Å². The molecule has 2 N–H and O–H groups in total. The molecule has 1 fully saturated rings. The molecule has 0 radical (unpaired) electrons. The number of hydrogen-bond acceptors (Lipinski definition) is 5. The van der Waals surface area contributed by atoms with Crippen LogP contribution in [0.25, 0.3) is 0 Å². The molecular weight excluding hydrogens is 232 g/mol. The van der Waals surface area contributed by atoms with Gasteiger partial charge < -0.3 is 15.4 Å². The first-order valence-corrected chi connectivity index (χ1v) is 7.20. The molecule has 1 rings (SSSR count). The van der Waals surface area contributed by atoms with E-state index in [0.717, 1.165) is 6.26 Å². The molecule has 7 heteroatoms. The maximum atomic E-state index is 11.6. The summed E-state index contributed by atoms with van der Waals surface area (Å²) in [4.78, 5) is 11.6. The maximum Gasteiger partial charge on any atom is 0.237 e. The summed E-state index contributed by atoms with van der Waals surface area (Å²) in [6.45, 7) is 0.814. The zero-order valence-corrected chi connectivity index (χ0v) is 10.3. The second-order valence-corrected chi connectivity index (χ2v) is 6.23. The van der Waals surface area contributed by atoms with Gasteiger partial charge in [0.15, 0.2) is 0 Å². The zero-order chi connectivity index (χ0) is 12.2. The van der Waals surface area contributed by atoms with E-state index in [9.17, 15) is 13.2 Å². The molecule has 1 aliphatic heterocycles. The first-order chi connectivity index (χ1) is 7.42. The minimum absolute atomic E-state index is 0.0286. The molecule has 1 aliphatic rings. The molecule has 2 atom stereocenters. The van der Waals surface area contributed by atoms with E-state index in [1.165, 1.54) is 0 Å². The fourth-order valence-electron chi connectivity index (χ4n) is 1.57. The number of sulfone groups is 1. The van der Waals surface area contributed by atoms with Gasteiger partial charge in [0.1, 0.15) is 9.84 Å². The number of hydrogen-bond donors (Lipinski definition) is 2. The van der Waals surface area contributed by atoms with Crippen LogP contribution in [0.15, 0.2) is 0 Å². The van der Waals surface area contributed by atoms with E-state index in [0.29, 0.717) is 13.0 Å². The van der Waals surface area contributed by atoms with Crippen LogP contribution in [0.3, 0.4) is 0 Å². The highest BCUT2D eigenvalue weighted by molar-refractivity contribution is 7.90. The molecule has 0 spiro atoms. The van der Waals surface area contributed by atoms with Gasteiger partial charge in [0.2, 0.25) is 5.91 Å². The molecule has 0 bridgehead atoms. The molecule has 2 unspecified atom stereocenters. The van der Waals surface area contributed by atoms with Crippen LogP contribution in [0.2, 0.25) is 0 Å². The Labute approximate surface area is 95.7 Å². The third kappa shape index (κ3) is 4.46. The molecule has 0 aliphatic carbocycles. The number of rotatable bonds is 5. The van der Waals surface area contributed by atoms with Gasteiger partial charge >= 0.3 is 0 Å². The molecule has 16 heavy (non-hydrogen) atoms. The van der Waals surface area contributed by atoms with E-state index in [4.69, 9.17) is 4.74 Å². The summed E-state index contributed by atoms with van der Waals surface area (Å²) < 4.78 is 26.8. The summed E-state index contributed by atoms with van der Waals surface area (Å²) in [7, 11) is -1.41. The Balaban J connectivity index is 2.26. The lowest BCUT2D eigenvalue weighted by molar-refractivity contribution is -0.122. The highest BCUT2D eigenvalue weighted by Crippen LogP contribution is 2.09. The Kier molecular flexibility index (Phi) is 4.69. The standard InChI is InChI=1S/C9H18N2O4S/c1-15-7-5-8(11-6-7)9(12)10-3-4-16(2,13)14/h7-8,11H,3-6H2,1-2H3,(H,10,12). The third-order valence-electron chi connectivity index (χ3n) is 2.51. The summed E-state index contributed by atoms with van der Waals surface area (Å²) in [5.41, 5.74) is 0. The Morgan fingerprint density at radius 1 is 1.56 bits per heavy atom. The van der Waals surface area contributed by atoms with Crippen LogP contribution in [0, 0.1) is 0 Å². The topological polar surface area (TPSA) is 84.5 Å². The third-order valence-corrected chi connectivity index (χ3v) is 3.46. The number of carbonyl (C=O) groups excluding carboxylic acids is 1. The van der Waals surface area contributed by atoms with E-state index < -0.39 is 9.84 Å². The van der Waals surface area contributed by atoms with Crippen LogP contribution in [0.4, 0.5) is 0 Å². The fraction of sp³-hybridized carbons (Fsp3) is 0.889. The van der Waals surface area contributed by atoms with Crippen molar-refractivity contribution in [2.45, 2.75) is 18.6 Å². The van der Waals surface area contributed by atoms with Crippen LogP contribution in [0.5, 0.6) is 0 Å². The number of ether oxygens (including phenoxy) is 1. The molecule has 6 nitrogen and oxygen atoms in total. The molecule has 1 saturated heterocycles. The van der Waals surface area contributed by atoms with Gasteiger partial charge in [-0.05, 0) is 6.42 Å². The first-order valence-electron chi connectivity index (χ1n) is 5.14. The van der Waals surface area contributed by atoms with Crippen molar-refractivity contribution < 1.29 is 17.9 Å². The van der Waals surface area contributed by atoms with Gasteiger partial charge in [-0.1, -0.05) is 0 Å². The molecule has 0 aromatic rings. The number of nitrogens with one attached hydrogen (secondary N) is 2. The van der Waals surface area contributed by atoms with Gasteiger partial charge in [-0.25, -0.2) is 8.42 Å². The second-order valence-electron chi connectivity index (χ2n) is 3.98. The van der Waals surface area contributed by atoms with E-state index in [-0.39, 0.29) is 30.4 Å². The Bertz CT molecular complexity index is 341. The monoisotopic (exact) mass is 250 g/mol. The smallest absolute Gasteiger partial charge is 0.237 e. The van der Waals surface area contributed by atoms with Crippen molar-refractivity contribution in [2.75, 3.05) is 32.2 Å². The van der Waals surface area contributed by atoms with Crippen LogP contribution < -0.4 is 10.6 Å². The van der Waals surface area contributed by atoms with Gasteiger partial charge in [-0.15, -0.1) is 0 Å². The molecule has 0 saturated carbocycles. The van der Waals surface area contributed by atoms with Gasteiger partial charge in [0, 0.05) is 26.5 Å². The van der Waals surface area contributed by atoms with Crippen LogP contribution in [-0.2, 0) is 19.4 Å². The van der Waals surface area contributed by atoms with Gasteiger partial charge in [-0.2, -0.15) is 0 Å². The van der Waals surface area contributed by atoms with Crippen molar-refractivity contribution in [1.82, 2.24) is 10.6 Å². The maximum absolute atomic E-state index is 11.6. The lowest BCUT2D eigenvalue weighted by Crippen LogP contribution is -2.41. The van der Waals surface area contributed by atoms with Gasteiger partial charge in [0.05, 0.1) is 17.9 Å². The van der Waals surface area contributed by atoms with Crippen molar-refractivity contribution in [3.63, 3.8) is 0 Å². The number of amides is 1. The largest absolute Gasteiger partial charge is 0.380 e. The van der Waals surface area contributed by atoms with E-state index in [1.807, 2.05) is 0 Å². The molecule has 0 aromatic carbocycles. The summed E-state index contributed by atoms with van der Waals surface area (Å²) >= 11 is 0. The van der Waals surface area contributed by atoms with Crippen molar-refractivity contribution >= 4 is 15.7 Å². The SMILES string of the molecule is COC1CNC(C(=O)NCCS(C)(=O)=O)C1. The zero-order valence-electron chi connectivity index (χ0n) is 9.52. The minimum atomic E-state index is -3.02. The Hall–Kier alpha value is -0.660. The lowest BCUT2D eigenvalue weighted by atomic mass is 10.2. The molecule has 94 valence electrons. The highest BCUT2D eigenvalue weighted by Gasteiger charge is 2.28. The van der Waals surface area contributed by atoms with Gasteiger partial charge in [-0.3, -0.25) is 4.79 Å². The average molecular weight is 250 g/mol. The van der Waals surface area contributed by atoms with Crippen LogP contribution in [-0.4, -0.2) is 58.7 Å². The highest BCUT2D eigenvalue weighted by atomic mass is 32.2. The number of carbonyl (C=O) groups is 1. The molecule has 1 amide bonds. The summed E-state index contributed by atoms with van der Waals surface area (Å²) in [6, 6.07) is -0.274. The van der Waals surface area contributed by atoms with Crippen molar-refractivity contribution in [3.8, 4) is 0 Å². The molecule has 0 aromatic heterocycles. The van der Waals surface area contributed by atoms with Crippen molar-refractivity contribution in [3.05, 3.63) is 0 Å². The van der Waals surface area contributed by atoms with Crippen LogP contribution in [0.1, 0.15) is 6.42 Å². The second kappa shape index (κ2) is 5.60. The van der Waals surface area contributed by atoms with Gasteiger partial charge in [0.25, 0.3) is 0 Å². The van der Waals surface area contributed by atoms with Crippen molar-refractivity contribution in [1.29, 1.82) is 0 Å². The predicted octanol–water partition coefficient (Wildman–Crippen LogP) is -1.48. The Morgan fingerprint density at radius 3 is 2.75 bits per heavy atom. The molecule has 1 heterocycles. The van der Waals surface area contributed by atoms with Crippen molar-refractivity contribution in [2.24, 2.45) is 0 Å². The lowest BCUT2D eigenvalue weighted by Gasteiger charge is -2.10. The average Bonchev–Trinajstić information content (AvgIpc) is 2.63. The summed E-state index contributed by atoms with van der Waals surface area (Å²) in [6.07, 6.45) is 1.83. The summed E-state index contributed by atoms with van der Waals surface area (Å²) in [5.74, 6) is -0.192. The number of methoxy groups -OCH3 is 1. The summed E-state index contributed by atoms with van der Waals surface area (Å²) in [5, 5.41) is 5.61. The Morgan fingerprint density at radius 2 is 2.25 bits per heavy atom. The normalized spacial score (nSPS) is 25.6. The first kappa shape index (κ1) is 13.4. The van der Waals surface area contributed by atoms with E-state index >= 15 is 0 Å². The van der Waals surface area contributed by atoms with E-state index in [2.05, 4.69) is 10.6 Å². The molecular formula is C9H18N2O4S.